The van der Waals surface area contributed by atoms with E-state index in [-0.39, 0.29) is 54.6 Å². The van der Waals surface area contributed by atoms with Gasteiger partial charge in [0.05, 0.1) is 25.4 Å². The SMILES string of the molecule is C=CC[C@H]1[C@H](O)CC[C@@]2(C)[C@@H]1C[C@@H](OCOC)[C@@H]1[C@@H]2C[C@H](OCOC)[C@]2(C)[C@@H]([C@H](C)CCC(=O)OC)CC[C@@H]12. The molecule has 224 valence electrons. The van der Waals surface area contributed by atoms with E-state index in [1.165, 1.54) is 7.11 Å². The Labute approximate surface area is 236 Å². The minimum atomic E-state index is -0.290. The van der Waals surface area contributed by atoms with Crippen LogP contribution in [-0.4, -0.2) is 64.3 Å². The molecule has 0 radical (unpaired) electrons. The monoisotopic (exact) mass is 550 g/mol. The van der Waals surface area contributed by atoms with E-state index in [9.17, 15) is 9.90 Å². The molecule has 0 bridgehead atoms. The molecule has 4 fully saturated rings. The lowest BCUT2D eigenvalue weighted by Gasteiger charge is -2.65. The van der Waals surface area contributed by atoms with Crippen molar-refractivity contribution in [3.8, 4) is 0 Å². The molecule has 0 aliphatic heterocycles. The van der Waals surface area contributed by atoms with Gasteiger partial charge in [0.15, 0.2) is 0 Å². The molecule has 0 saturated heterocycles. The molecular formula is C32H54O7. The van der Waals surface area contributed by atoms with Gasteiger partial charge < -0.3 is 28.8 Å². The van der Waals surface area contributed by atoms with Crippen molar-refractivity contribution >= 4 is 5.97 Å². The van der Waals surface area contributed by atoms with Crippen LogP contribution in [0.15, 0.2) is 12.7 Å². The van der Waals surface area contributed by atoms with Crippen LogP contribution in [0.25, 0.3) is 0 Å². The Kier molecular flexibility index (Phi) is 10.2. The van der Waals surface area contributed by atoms with E-state index in [0.717, 1.165) is 51.4 Å². The van der Waals surface area contributed by atoms with Crippen molar-refractivity contribution in [2.45, 2.75) is 96.9 Å². The zero-order valence-corrected chi connectivity index (χ0v) is 25.2. The van der Waals surface area contributed by atoms with E-state index in [4.69, 9.17) is 23.7 Å². The minimum absolute atomic E-state index is 0.0399. The number of ether oxygens (including phenoxy) is 5. The Hall–Kier alpha value is -0.990. The fraction of sp³-hybridized carbons (Fsp3) is 0.906. The van der Waals surface area contributed by atoms with Gasteiger partial charge in [-0.2, -0.15) is 0 Å². The lowest BCUT2D eigenvalue weighted by atomic mass is 9.41. The third-order valence-electron chi connectivity index (χ3n) is 12.0. The maximum atomic E-state index is 12.0. The number of allylic oxidation sites excluding steroid dienone is 1. The molecule has 0 unspecified atom stereocenters. The van der Waals surface area contributed by atoms with Crippen molar-refractivity contribution < 1.29 is 33.6 Å². The van der Waals surface area contributed by atoms with Gasteiger partial charge in [0, 0.05) is 26.1 Å². The van der Waals surface area contributed by atoms with Crippen LogP contribution in [0.3, 0.4) is 0 Å². The Morgan fingerprint density at radius 2 is 1.74 bits per heavy atom. The number of methoxy groups -OCH3 is 3. The average Bonchev–Trinajstić information content (AvgIpc) is 3.29. The molecular weight excluding hydrogens is 496 g/mol. The summed E-state index contributed by atoms with van der Waals surface area (Å²) in [6.45, 7) is 11.9. The number of aliphatic hydroxyl groups excluding tert-OH is 1. The summed E-state index contributed by atoms with van der Waals surface area (Å²) < 4.78 is 29.0. The predicted molar refractivity (Wildman–Crippen MR) is 150 cm³/mol. The molecule has 39 heavy (non-hydrogen) atoms. The molecule has 0 heterocycles. The highest BCUT2D eigenvalue weighted by atomic mass is 16.7. The maximum absolute atomic E-state index is 12.0. The van der Waals surface area contributed by atoms with E-state index in [1.807, 2.05) is 6.08 Å². The fourth-order valence-electron chi connectivity index (χ4n) is 10.2. The molecule has 4 aliphatic carbocycles. The largest absolute Gasteiger partial charge is 0.469 e. The zero-order valence-electron chi connectivity index (χ0n) is 25.2. The molecule has 4 aliphatic rings. The summed E-state index contributed by atoms with van der Waals surface area (Å²) in [4.78, 5) is 12.0. The molecule has 0 spiro atoms. The number of hydrogen-bond donors (Lipinski definition) is 1. The number of hydrogen-bond acceptors (Lipinski definition) is 7. The molecule has 4 rings (SSSR count). The molecule has 1 N–H and O–H groups in total. The molecule has 0 aromatic rings. The lowest BCUT2D eigenvalue weighted by Crippen LogP contribution is -2.64. The van der Waals surface area contributed by atoms with Gasteiger partial charge in [-0.25, -0.2) is 0 Å². The van der Waals surface area contributed by atoms with Gasteiger partial charge in [0.1, 0.15) is 13.6 Å². The van der Waals surface area contributed by atoms with E-state index >= 15 is 0 Å². The van der Waals surface area contributed by atoms with Gasteiger partial charge in [-0.3, -0.25) is 4.79 Å². The van der Waals surface area contributed by atoms with E-state index in [1.54, 1.807) is 14.2 Å². The number of carbonyl (C=O) groups excluding carboxylic acids is 1. The second-order valence-electron chi connectivity index (χ2n) is 13.5. The molecule has 7 nitrogen and oxygen atoms in total. The summed E-state index contributed by atoms with van der Waals surface area (Å²) in [5.74, 6) is 2.57. The Morgan fingerprint density at radius 1 is 1.03 bits per heavy atom. The van der Waals surface area contributed by atoms with Crippen molar-refractivity contribution in [1.82, 2.24) is 0 Å². The van der Waals surface area contributed by atoms with Crippen LogP contribution in [0.1, 0.15) is 78.6 Å². The lowest BCUT2D eigenvalue weighted by molar-refractivity contribution is -0.254. The Bertz CT molecular complexity index is 833. The zero-order chi connectivity index (χ0) is 28.4. The molecule has 7 heteroatoms. The molecule has 4 saturated carbocycles. The topological polar surface area (TPSA) is 83.5 Å². The second-order valence-corrected chi connectivity index (χ2v) is 13.5. The normalized spacial score (nSPS) is 44.1. The minimum Gasteiger partial charge on any atom is -0.469 e. The number of carbonyl (C=O) groups is 1. The van der Waals surface area contributed by atoms with Gasteiger partial charge >= 0.3 is 5.97 Å². The van der Waals surface area contributed by atoms with Crippen LogP contribution in [-0.2, 0) is 28.5 Å². The number of rotatable bonds is 12. The molecule has 0 amide bonds. The summed E-state index contributed by atoms with van der Waals surface area (Å²) in [5, 5.41) is 11.1. The third-order valence-corrected chi connectivity index (χ3v) is 12.0. The van der Waals surface area contributed by atoms with E-state index in [0.29, 0.717) is 41.9 Å². The fourth-order valence-corrected chi connectivity index (χ4v) is 10.2. The van der Waals surface area contributed by atoms with E-state index < -0.39 is 0 Å². The van der Waals surface area contributed by atoms with Gasteiger partial charge in [-0.1, -0.05) is 26.8 Å². The molecule has 0 aromatic carbocycles. The van der Waals surface area contributed by atoms with Crippen molar-refractivity contribution in [2.24, 2.45) is 52.3 Å². The Morgan fingerprint density at radius 3 is 2.41 bits per heavy atom. The highest BCUT2D eigenvalue weighted by Gasteiger charge is 2.67. The summed E-state index contributed by atoms with van der Waals surface area (Å²) in [5.41, 5.74) is 0.0664. The van der Waals surface area contributed by atoms with Crippen molar-refractivity contribution in [3.63, 3.8) is 0 Å². The van der Waals surface area contributed by atoms with Gasteiger partial charge in [-0.15, -0.1) is 6.58 Å². The first-order valence-electron chi connectivity index (χ1n) is 15.2. The van der Waals surface area contributed by atoms with Crippen LogP contribution in [0.4, 0.5) is 0 Å². The first kappa shape index (κ1) is 31.0. The number of fused-ring (bicyclic) bond motifs is 5. The molecule has 0 aromatic heterocycles. The second kappa shape index (κ2) is 12.9. The van der Waals surface area contributed by atoms with Crippen molar-refractivity contribution in [2.75, 3.05) is 34.9 Å². The first-order valence-corrected chi connectivity index (χ1v) is 15.2. The quantitative estimate of drug-likeness (QED) is 0.192. The highest BCUT2D eigenvalue weighted by molar-refractivity contribution is 5.69. The molecule has 12 atom stereocenters. The van der Waals surface area contributed by atoms with Gasteiger partial charge in [-0.05, 0) is 98.2 Å². The Balaban J connectivity index is 1.71. The summed E-state index contributed by atoms with van der Waals surface area (Å²) in [6, 6.07) is 0. The van der Waals surface area contributed by atoms with Crippen LogP contribution < -0.4 is 0 Å². The summed E-state index contributed by atoms with van der Waals surface area (Å²) in [6.07, 6.45) is 10.0. The van der Waals surface area contributed by atoms with Crippen LogP contribution >= 0.6 is 0 Å². The van der Waals surface area contributed by atoms with Crippen molar-refractivity contribution in [3.05, 3.63) is 12.7 Å². The number of esters is 1. The first-order chi connectivity index (χ1) is 18.7. The van der Waals surface area contributed by atoms with Crippen molar-refractivity contribution in [1.29, 1.82) is 0 Å². The average molecular weight is 551 g/mol. The summed E-state index contributed by atoms with van der Waals surface area (Å²) >= 11 is 0. The maximum Gasteiger partial charge on any atom is 0.305 e. The number of aliphatic hydroxyl groups is 1. The predicted octanol–water partition coefficient (Wildman–Crippen LogP) is 5.60. The third kappa shape index (κ3) is 5.60. The van der Waals surface area contributed by atoms with E-state index in [2.05, 4.69) is 27.4 Å². The highest BCUT2D eigenvalue weighted by Crippen LogP contribution is 2.70. The van der Waals surface area contributed by atoms with Gasteiger partial charge in [0.25, 0.3) is 0 Å². The van der Waals surface area contributed by atoms with Crippen LogP contribution in [0.2, 0.25) is 0 Å². The van der Waals surface area contributed by atoms with Gasteiger partial charge in [0.2, 0.25) is 0 Å². The van der Waals surface area contributed by atoms with Crippen LogP contribution in [0, 0.1) is 52.3 Å². The smallest absolute Gasteiger partial charge is 0.305 e. The standard InChI is InChI=1S/C32H54O7/c1-8-9-21-24-16-27(38-18-35-5)30-23-12-11-22(20(2)10-13-29(34)37-7)32(23,4)28(39-19-36-6)17-25(30)31(24,3)15-14-26(21)33/h8,20-28,30,33H,1,9-19H2,2-7H3/t20-,21-,22-,23+,24-,25+,26-,27-,28+,30+,31+,32-/m1/s1. The van der Waals surface area contributed by atoms with Crippen LogP contribution in [0.5, 0.6) is 0 Å². The summed E-state index contributed by atoms with van der Waals surface area (Å²) in [7, 11) is 4.87.